The van der Waals surface area contributed by atoms with Crippen LogP contribution in [0.1, 0.15) is 40.5 Å². The zero-order valence-corrected chi connectivity index (χ0v) is 13.6. The monoisotopic (exact) mass is 292 g/mol. The Labute approximate surface area is 128 Å². The first kappa shape index (κ1) is 17.5. The summed E-state index contributed by atoms with van der Waals surface area (Å²) >= 11 is 0. The van der Waals surface area contributed by atoms with Crippen molar-refractivity contribution < 1.29 is 9.53 Å². The van der Waals surface area contributed by atoms with E-state index in [-0.39, 0.29) is 5.91 Å². The van der Waals surface area contributed by atoms with Crippen LogP contribution in [0.25, 0.3) is 0 Å². The third-order valence-corrected chi connectivity index (χ3v) is 2.87. The zero-order valence-electron chi connectivity index (χ0n) is 13.6. The van der Waals surface area contributed by atoms with Crippen LogP contribution in [0.2, 0.25) is 0 Å². The molecule has 0 saturated carbocycles. The molecule has 0 radical (unpaired) electrons. The summed E-state index contributed by atoms with van der Waals surface area (Å²) in [6.45, 7) is 9.90. The second kappa shape index (κ2) is 9.40. The normalized spacial score (nSPS) is 11.0. The Kier molecular flexibility index (Phi) is 7.83. The quantitative estimate of drug-likeness (QED) is 0.686. The SMILES string of the molecule is CC(C)COc1ccccc1NC(=O)CCCNC(C)C. The summed E-state index contributed by atoms with van der Waals surface area (Å²) in [5.74, 6) is 1.22. The predicted octanol–water partition coefficient (Wildman–Crippen LogP) is 3.44. The van der Waals surface area contributed by atoms with Gasteiger partial charge in [-0.15, -0.1) is 0 Å². The van der Waals surface area contributed by atoms with Gasteiger partial charge in [0.15, 0.2) is 0 Å². The van der Waals surface area contributed by atoms with E-state index in [1.54, 1.807) is 0 Å². The predicted molar refractivity (Wildman–Crippen MR) is 87.8 cm³/mol. The summed E-state index contributed by atoms with van der Waals surface area (Å²) in [5.41, 5.74) is 0.750. The number of hydrogen-bond acceptors (Lipinski definition) is 3. The molecule has 0 atom stereocenters. The number of para-hydroxylation sites is 2. The van der Waals surface area contributed by atoms with Gasteiger partial charge in [0.1, 0.15) is 5.75 Å². The third kappa shape index (κ3) is 7.71. The van der Waals surface area contributed by atoms with Crippen molar-refractivity contribution in [3.8, 4) is 5.75 Å². The smallest absolute Gasteiger partial charge is 0.224 e. The van der Waals surface area contributed by atoms with Crippen LogP contribution < -0.4 is 15.4 Å². The number of carbonyl (C=O) groups excluding carboxylic acids is 1. The van der Waals surface area contributed by atoms with E-state index in [2.05, 4.69) is 38.3 Å². The molecule has 21 heavy (non-hydrogen) atoms. The molecule has 0 unspecified atom stereocenters. The number of carbonyl (C=O) groups is 1. The third-order valence-electron chi connectivity index (χ3n) is 2.87. The molecular weight excluding hydrogens is 264 g/mol. The van der Waals surface area contributed by atoms with Gasteiger partial charge in [-0.25, -0.2) is 0 Å². The van der Waals surface area contributed by atoms with Crippen LogP contribution in [0.5, 0.6) is 5.75 Å². The Morgan fingerprint density at radius 1 is 1.19 bits per heavy atom. The minimum absolute atomic E-state index is 0.0288. The number of nitrogens with one attached hydrogen (secondary N) is 2. The van der Waals surface area contributed by atoms with Crippen LogP contribution in [0.15, 0.2) is 24.3 Å². The fraction of sp³-hybridized carbons (Fsp3) is 0.588. The lowest BCUT2D eigenvalue weighted by Gasteiger charge is -2.14. The van der Waals surface area contributed by atoms with Gasteiger partial charge < -0.3 is 15.4 Å². The molecule has 1 aromatic carbocycles. The lowest BCUT2D eigenvalue weighted by molar-refractivity contribution is -0.116. The van der Waals surface area contributed by atoms with Gasteiger partial charge in [-0.1, -0.05) is 39.8 Å². The molecule has 4 heteroatoms. The van der Waals surface area contributed by atoms with E-state index in [0.29, 0.717) is 25.0 Å². The fourth-order valence-electron chi connectivity index (χ4n) is 1.80. The standard InChI is InChI=1S/C17H28N2O2/c1-13(2)12-21-16-9-6-5-8-15(16)19-17(20)10-7-11-18-14(3)4/h5-6,8-9,13-14,18H,7,10-12H2,1-4H3,(H,19,20). The molecule has 1 amide bonds. The summed E-state index contributed by atoms with van der Waals surface area (Å²) in [6.07, 6.45) is 1.34. The molecule has 0 aliphatic rings. The number of amides is 1. The molecule has 0 aliphatic carbocycles. The highest BCUT2D eigenvalue weighted by molar-refractivity contribution is 5.92. The number of anilines is 1. The first-order valence-electron chi connectivity index (χ1n) is 7.74. The number of hydrogen-bond donors (Lipinski definition) is 2. The Morgan fingerprint density at radius 2 is 1.90 bits per heavy atom. The van der Waals surface area contributed by atoms with Crippen molar-refractivity contribution in [2.75, 3.05) is 18.5 Å². The molecule has 4 nitrogen and oxygen atoms in total. The highest BCUT2D eigenvalue weighted by atomic mass is 16.5. The highest BCUT2D eigenvalue weighted by Gasteiger charge is 2.08. The number of rotatable bonds is 9. The summed E-state index contributed by atoms with van der Waals surface area (Å²) < 4.78 is 5.73. The maximum atomic E-state index is 12.0. The van der Waals surface area contributed by atoms with E-state index < -0.39 is 0 Å². The van der Waals surface area contributed by atoms with E-state index in [0.717, 1.165) is 24.4 Å². The summed E-state index contributed by atoms with van der Waals surface area (Å²) in [5, 5.41) is 6.23. The number of ether oxygens (including phenoxy) is 1. The molecular formula is C17H28N2O2. The highest BCUT2D eigenvalue weighted by Crippen LogP contribution is 2.24. The molecule has 0 saturated heterocycles. The molecule has 0 spiro atoms. The van der Waals surface area contributed by atoms with Crippen LogP contribution in [0, 0.1) is 5.92 Å². The molecule has 0 aromatic heterocycles. The zero-order chi connectivity index (χ0) is 15.7. The van der Waals surface area contributed by atoms with Crippen LogP contribution in [0.4, 0.5) is 5.69 Å². The minimum Gasteiger partial charge on any atom is -0.491 e. The number of benzene rings is 1. The molecule has 0 bridgehead atoms. The van der Waals surface area contributed by atoms with Crippen molar-refractivity contribution in [2.24, 2.45) is 5.92 Å². The Morgan fingerprint density at radius 3 is 2.57 bits per heavy atom. The van der Waals surface area contributed by atoms with Crippen molar-refractivity contribution >= 4 is 11.6 Å². The van der Waals surface area contributed by atoms with Crippen molar-refractivity contribution in [3.63, 3.8) is 0 Å². The molecule has 0 heterocycles. The largest absolute Gasteiger partial charge is 0.491 e. The second-order valence-electron chi connectivity index (χ2n) is 5.96. The summed E-state index contributed by atoms with van der Waals surface area (Å²) in [7, 11) is 0. The fourth-order valence-corrected chi connectivity index (χ4v) is 1.80. The second-order valence-corrected chi connectivity index (χ2v) is 5.96. The van der Waals surface area contributed by atoms with Crippen LogP contribution in [-0.2, 0) is 4.79 Å². The van der Waals surface area contributed by atoms with Crippen LogP contribution in [0.3, 0.4) is 0 Å². The molecule has 1 aromatic rings. The average Bonchev–Trinajstić information content (AvgIpc) is 2.42. The summed E-state index contributed by atoms with van der Waals surface area (Å²) in [6, 6.07) is 8.03. The average molecular weight is 292 g/mol. The van der Waals surface area contributed by atoms with Gasteiger partial charge in [-0.3, -0.25) is 4.79 Å². The first-order valence-corrected chi connectivity index (χ1v) is 7.74. The van der Waals surface area contributed by atoms with Crippen molar-refractivity contribution in [2.45, 2.75) is 46.6 Å². The van der Waals surface area contributed by atoms with E-state index in [9.17, 15) is 4.79 Å². The van der Waals surface area contributed by atoms with Gasteiger partial charge in [0.05, 0.1) is 12.3 Å². The Balaban J connectivity index is 2.44. The maximum Gasteiger partial charge on any atom is 0.224 e. The minimum atomic E-state index is 0.0288. The first-order chi connectivity index (χ1) is 9.99. The van der Waals surface area contributed by atoms with E-state index in [1.165, 1.54) is 0 Å². The van der Waals surface area contributed by atoms with E-state index in [4.69, 9.17) is 4.74 Å². The van der Waals surface area contributed by atoms with Crippen LogP contribution in [-0.4, -0.2) is 25.1 Å². The molecule has 2 N–H and O–H groups in total. The van der Waals surface area contributed by atoms with Crippen molar-refractivity contribution in [1.82, 2.24) is 5.32 Å². The molecule has 118 valence electrons. The summed E-state index contributed by atoms with van der Waals surface area (Å²) in [4.78, 5) is 12.0. The molecule has 0 aliphatic heterocycles. The van der Waals surface area contributed by atoms with E-state index in [1.807, 2.05) is 24.3 Å². The van der Waals surface area contributed by atoms with Gasteiger partial charge in [0, 0.05) is 12.5 Å². The van der Waals surface area contributed by atoms with Gasteiger partial charge >= 0.3 is 0 Å². The van der Waals surface area contributed by atoms with Gasteiger partial charge in [-0.2, -0.15) is 0 Å². The lowest BCUT2D eigenvalue weighted by atomic mass is 10.2. The van der Waals surface area contributed by atoms with Crippen molar-refractivity contribution in [3.05, 3.63) is 24.3 Å². The maximum absolute atomic E-state index is 12.0. The van der Waals surface area contributed by atoms with Crippen LogP contribution >= 0.6 is 0 Å². The Hall–Kier alpha value is -1.55. The van der Waals surface area contributed by atoms with Gasteiger partial charge in [-0.05, 0) is 31.0 Å². The van der Waals surface area contributed by atoms with E-state index >= 15 is 0 Å². The van der Waals surface area contributed by atoms with Gasteiger partial charge in [0.2, 0.25) is 5.91 Å². The van der Waals surface area contributed by atoms with Crippen molar-refractivity contribution in [1.29, 1.82) is 0 Å². The lowest BCUT2D eigenvalue weighted by Crippen LogP contribution is -2.24. The molecule has 1 rings (SSSR count). The Bertz CT molecular complexity index is 431. The molecule has 0 fully saturated rings. The van der Waals surface area contributed by atoms with Gasteiger partial charge in [0.25, 0.3) is 0 Å². The topological polar surface area (TPSA) is 50.4 Å².